The number of rotatable bonds is 4. The number of carbonyl (C=O) groups excluding carboxylic acids is 1. The summed E-state index contributed by atoms with van der Waals surface area (Å²) in [7, 11) is 1.66. The minimum Gasteiger partial charge on any atom is -0.497 e. The predicted molar refractivity (Wildman–Crippen MR) is 110 cm³/mol. The number of hydrogen-bond acceptors (Lipinski definition) is 5. The van der Waals surface area contributed by atoms with Gasteiger partial charge in [0.25, 0.3) is 11.5 Å². The van der Waals surface area contributed by atoms with Crippen LogP contribution in [0.25, 0.3) is 4.96 Å². The summed E-state index contributed by atoms with van der Waals surface area (Å²) in [5.41, 5.74) is 1.97. The molecule has 3 aromatic rings. The lowest BCUT2D eigenvalue weighted by atomic mass is 9.99. The Kier molecular flexibility index (Phi) is 4.93. The number of likely N-dealkylation sites (tertiary alicyclic amines) is 1. The average Bonchev–Trinajstić information content (AvgIpc) is 3.27. The Morgan fingerprint density at radius 2 is 2.04 bits per heavy atom. The summed E-state index contributed by atoms with van der Waals surface area (Å²) in [5, 5.41) is 0. The number of aryl methyl sites for hydroxylation is 2. The van der Waals surface area contributed by atoms with Gasteiger partial charge in [0, 0.05) is 29.9 Å². The van der Waals surface area contributed by atoms with Crippen LogP contribution in [0.2, 0.25) is 0 Å². The Balaban J connectivity index is 1.50. The van der Waals surface area contributed by atoms with Crippen LogP contribution in [0.15, 0.2) is 35.3 Å². The number of thiazole rings is 1. The highest BCUT2D eigenvalue weighted by Crippen LogP contribution is 2.24. The van der Waals surface area contributed by atoms with Crippen molar-refractivity contribution in [2.45, 2.75) is 26.7 Å². The van der Waals surface area contributed by atoms with Crippen LogP contribution in [0.4, 0.5) is 0 Å². The lowest BCUT2D eigenvalue weighted by Gasteiger charge is -2.16. The first-order valence-electron chi connectivity index (χ1n) is 9.38. The topological polar surface area (TPSA) is 63.9 Å². The Hall–Kier alpha value is -2.67. The second-order valence-electron chi connectivity index (χ2n) is 7.30. The van der Waals surface area contributed by atoms with Gasteiger partial charge in [-0.1, -0.05) is 12.1 Å². The molecule has 1 fully saturated rings. The van der Waals surface area contributed by atoms with Crippen molar-refractivity contribution in [1.82, 2.24) is 14.3 Å². The molecule has 3 heterocycles. The molecule has 1 aromatic carbocycles. The Morgan fingerprint density at radius 1 is 1.29 bits per heavy atom. The Labute approximate surface area is 167 Å². The third-order valence-electron chi connectivity index (χ3n) is 5.51. The monoisotopic (exact) mass is 397 g/mol. The van der Waals surface area contributed by atoms with E-state index in [1.54, 1.807) is 16.4 Å². The highest BCUT2D eigenvalue weighted by molar-refractivity contribution is 7.17. The minimum atomic E-state index is -0.268. The third kappa shape index (κ3) is 3.30. The van der Waals surface area contributed by atoms with Crippen LogP contribution < -0.4 is 10.3 Å². The van der Waals surface area contributed by atoms with Crippen molar-refractivity contribution in [2.24, 2.45) is 5.92 Å². The van der Waals surface area contributed by atoms with Crippen molar-refractivity contribution < 1.29 is 9.53 Å². The molecule has 1 amide bonds. The smallest absolute Gasteiger partial charge is 0.271 e. The highest BCUT2D eigenvalue weighted by Gasteiger charge is 2.29. The van der Waals surface area contributed by atoms with Gasteiger partial charge in [0.1, 0.15) is 11.3 Å². The fourth-order valence-electron chi connectivity index (χ4n) is 3.77. The molecule has 0 aliphatic carbocycles. The first-order chi connectivity index (χ1) is 13.5. The van der Waals surface area contributed by atoms with Crippen molar-refractivity contribution in [2.75, 3.05) is 20.2 Å². The van der Waals surface area contributed by atoms with Crippen molar-refractivity contribution >= 4 is 22.2 Å². The first kappa shape index (κ1) is 18.7. The van der Waals surface area contributed by atoms with E-state index in [9.17, 15) is 9.59 Å². The van der Waals surface area contributed by atoms with Gasteiger partial charge in [0.2, 0.25) is 0 Å². The van der Waals surface area contributed by atoms with E-state index in [2.05, 4.69) is 17.1 Å². The van der Waals surface area contributed by atoms with Crippen LogP contribution >= 0.6 is 11.3 Å². The van der Waals surface area contributed by atoms with Crippen molar-refractivity contribution in [1.29, 1.82) is 0 Å². The number of amides is 1. The molecular formula is C21H23N3O3S. The van der Waals surface area contributed by atoms with Crippen LogP contribution in [-0.4, -0.2) is 40.4 Å². The van der Waals surface area contributed by atoms with Crippen molar-refractivity contribution in [3.63, 3.8) is 0 Å². The number of fused-ring (bicyclic) bond motifs is 1. The van der Waals surface area contributed by atoms with Gasteiger partial charge >= 0.3 is 0 Å². The van der Waals surface area contributed by atoms with E-state index < -0.39 is 0 Å². The zero-order chi connectivity index (χ0) is 19.8. The van der Waals surface area contributed by atoms with E-state index in [4.69, 9.17) is 4.74 Å². The second kappa shape index (κ2) is 7.39. The number of benzene rings is 1. The molecule has 1 saturated heterocycles. The van der Waals surface area contributed by atoms with Gasteiger partial charge in [-0.2, -0.15) is 0 Å². The minimum absolute atomic E-state index is 0.156. The number of ether oxygens (including phenoxy) is 1. The number of carbonyl (C=O) groups is 1. The molecule has 0 saturated carbocycles. The lowest BCUT2D eigenvalue weighted by Crippen LogP contribution is -2.34. The van der Waals surface area contributed by atoms with Gasteiger partial charge in [-0.25, -0.2) is 4.98 Å². The van der Waals surface area contributed by atoms with Crippen LogP contribution in [0.1, 0.15) is 32.9 Å². The summed E-state index contributed by atoms with van der Waals surface area (Å²) in [6.45, 7) is 5.18. The largest absolute Gasteiger partial charge is 0.497 e. The normalized spacial score (nSPS) is 16.7. The fraction of sp³-hybridized carbons (Fsp3) is 0.381. The molecule has 0 N–H and O–H groups in total. The predicted octanol–water partition coefficient (Wildman–Crippen LogP) is 3.09. The molecule has 7 heteroatoms. The molecule has 1 unspecified atom stereocenters. The first-order valence-corrected chi connectivity index (χ1v) is 10.2. The van der Waals surface area contributed by atoms with Crippen LogP contribution in [0, 0.1) is 19.8 Å². The molecule has 2 aromatic heterocycles. The van der Waals surface area contributed by atoms with Gasteiger partial charge in [-0.3, -0.25) is 14.0 Å². The molecule has 0 spiro atoms. The van der Waals surface area contributed by atoms with E-state index in [0.29, 0.717) is 24.0 Å². The number of nitrogens with zero attached hydrogens (tertiary/aromatic N) is 3. The quantitative estimate of drug-likeness (QED) is 0.679. The van der Waals surface area contributed by atoms with Gasteiger partial charge in [0.05, 0.1) is 7.11 Å². The summed E-state index contributed by atoms with van der Waals surface area (Å²) in [5.74, 6) is 1.02. The number of aromatic nitrogens is 2. The zero-order valence-corrected chi connectivity index (χ0v) is 17.1. The van der Waals surface area contributed by atoms with E-state index in [-0.39, 0.29) is 17.0 Å². The second-order valence-corrected chi connectivity index (χ2v) is 8.48. The van der Waals surface area contributed by atoms with Crippen molar-refractivity contribution in [3.05, 3.63) is 62.5 Å². The summed E-state index contributed by atoms with van der Waals surface area (Å²) in [6, 6.07) is 8.05. The molecule has 1 atom stereocenters. The van der Waals surface area contributed by atoms with E-state index >= 15 is 0 Å². The molecular weight excluding hydrogens is 374 g/mol. The zero-order valence-electron chi connectivity index (χ0n) is 16.3. The maximum atomic E-state index is 13.0. The summed E-state index contributed by atoms with van der Waals surface area (Å²) in [4.78, 5) is 33.6. The van der Waals surface area contributed by atoms with Crippen LogP contribution in [0.5, 0.6) is 5.75 Å². The van der Waals surface area contributed by atoms with E-state index in [1.165, 1.54) is 23.1 Å². The van der Waals surface area contributed by atoms with Gasteiger partial charge in [-0.05, 0) is 50.3 Å². The average molecular weight is 398 g/mol. The SMILES string of the molecule is COc1ccc(CC2CCN(C(=O)c3cnc4sc(C)c(C)n4c3=O)C2)cc1. The number of hydrogen-bond donors (Lipinski definition) is 0. The van der Waals surface area contributed by atoms with Gasteiger partial charge < -0.3 is 9.64 Å². The molecule has 6 nitrogen and oxygen atoms in total. The summed E-state index contributed by atoms with van der Waals surface area (Å²) >= 11 is 1.47. The highest BCUT2D eigenvalue weighted by atomic mass is 32.1. The standard InChI is InChI=1S/C21H23N3O3S/c1-13-14(2)28-21-22-11-18(20(26)24(13)21)19(25)23-9-8-16(12-23)10-15-4-6-17(27-3)7-5-15/h4-7,11,16H,8-10,12H2,1-3H3. The molecule has 28 heavy (non-hydrogen) atoms. The molecule has 4 rings (SSSR count). The lowest BCUT2D eigenvalue weighted by molar-refractivity contribution is 0.0784. The maximum Gasteiger partial charge on any atom is 0.271 e. The molecule has 146 valence electrons. The van der Waals surface area contributed by atoms with Gasteiger partial charge in [-0.15, -0.1) is 11.3 Å². The van der Waals surface area contributed by atoms with Crippen LogP contribution in [-0.2, 0) is 6.42 Å². The van der Waals surface area contributed by atoms with Gasteiger partial charge in [0.15, 0.2) is 4.96 Å². The molecule has 0 radical (unpaired) electrons. The molecule has 1 aliphatic heterocycles. The molecule has 1 aliphatic rings. The Bertz CT molecular complexity index is 1080. The van der Waals surface area contributed by atoms with E-state index in [1.807, 2.05) is 26.0 Å². The third-order valence-corrected chi connectivity index (χ3v) is 6.58. The summed E-state index contributed by atoms with van der Waals surface area (Å²) < 4.78 is 6.75. The molecule has 0 bridgehead atoms. The van der Waals surface area contributed by atoms with E-state index in [0.717, 1.165) is 29.2 Å². The maximum absolute atomic E-state index is 13.0. The van der Waals surface area contributed by atoms with Crippen LogP contribution in [0.3, 0.4) is 0 Å². The number of methoxy groups -OCH3 is 1. The Morgan fingerprint density at radius 3 is 2.75 bits per heavy atom. The fourth-order valence-corrected chi connectivity index (χ4v) is 4.70. The van der Waals surface area contributed by atoms with Crippen molar-refractivity contribution in [3.8, 4) is 5.75 Å². The summed E-state index contributed by atoms with van der Waals surface area (Å²) in [6.07, 6.45) is 3.28.